The van der Waals surface area contributed by atoms with E-state index in [0.717, 1.165) is 0 Å². The van der Waals surface area contributed by atoms with Crippen LogP contribution in [0.25, 0.3) is 38.3 Å². The second-order valence-corrected chi connectivity index (χ2v) is 13.0. The molecule has 0 spiro atoms. The Bertz CT molecular complexity index is 2310. The van der Waals surface area contributed by atoms with Gasteiger partial charge in [0.25, 0.3) is 0 Å². The zero-order valence-electron chi connectivity index (χ0n) is 25.6. The zero-order chi connectivity index (χ0) is 30.1. The fraction of sp³-hybridized carbons (Fsp3) is 0.116. The maximum atomic E-state index is 2.55. The maximum absolute atomic E-state index is 2.55. The van der Waals surface area contributed by atoms with Gasteiger partial charge in [-0.25, -0.2) is 0 Å². The molecule has 2 heteroatoms. The Morgan fingerprint density at radius 2 is 1.33 bits per heavy atom. The Hall–Kier alpha value is -5.34. The first kappa shape index (κ1) is 26.1. The molecule has 2 nitrogen and oxygen atoms in total. The van der Waals surface area contributed by atoms with E-state index in [4.69, 9.17) is 0 Å². The summed E-state index contributed by atoms with van der Waals surface area (Å²) < 4.78 is 2.39. The van der Waals surface area contributed by atoms with E-state index in [1.54, 1.807) is 0 Å². The molecule has 2 unspecified atom stereocenters. The number of aromatic nitrogens is 1. The number of hydrogen-bond acceptors (Lipinski definition) is 1. The molecule has 0 radical (unpaired) electrons. The third-order valence-corrected chi connectivity index (χ3v) is 10.3. The number of hydrogen-bond donors (Lipinski definition) is 0. The Labute approximate surface area is 264 Å². The van der Waals surface area contributed by atoms with Crippen LogP contribution in [0.2, 0.25) is 0 Å². The van der Waals surface area contributed by atoms with Gasteiger partial charge in [-0.3, -0.25) is 0 Å². The second-order valence-electron chi connectivity index (χ2n) is 13.0. The third-order valence-electron chi connectivity index (χ3n) is 10.3. The number of para-hydroxylation sites is 2. The summed E-state index contributed by atoms with van der Waals surface area (Å²) in [7, 11) is 0. The largest absolute Gasteiger partial charge is 0.313 e. The van der Waals surface area contributed by atoms with Crippen LogP contribution in [-0.4, -0.2) is 4.57 Å². The SMILES string of the molecule is CC1(C)c2ccccc2C2C(N(c3ccc4c(c3)c3ccccc3n4-c3ccccc3)c3cccc4ccccc34)=CC=CC21. The third kappa shape index (κ3) is 3.82. The van der Waals surface area contributed by atoms with Crippen molar-refractivity contribution >= 4 is 44.0 Å². The summed E-state index contributed by atoms with van der Waals surface area (Å²) in [5.41, 5.74) is 10.3. The highest BCUT2D eigenvalue weighted by Crippen LogP contribution is 2.57. The lowest BCUT2D eigenvalue weighted by molar-refractivity contribution is 0.385. The van der Waals surface area contributed by atoms with Crippen LogP contribution in [0.3, 0.4) is 0 Å². The van der Waals surface area contributed by atoms with Gasteiger partial charge in [-0.2, -0.15) is 0 Å². The van der Waals surface area contributed by atoms with Crippen molar-refractivity contribution in [3.8, 4) is 5.69 Å². The van der Waals surface area contributed by atoms with Crippen molar-refractivity contribution in [2.24, 2.45) is 5.92 Å². The molecular formula is C43H34N2. The molecule has 7 aromatic rings. The van der Waals surface area contributed by atoms with Crippen LogP contribution in [0.4, 0.5) is 11.4 Å². The molecule has 2 aliphatic carbocycles. The number of nitrogens with zero attached hydrogens (tertiary/aromatic N) is 2. The predicted molar refractivity (Wildman–Crippen MR) is 190 cm³/mol. The summed E-state index contributed by atoms with van der Waals surface area (Å²) in [6.07, 6.45) is 7.09. The quantitative estimate of drug-likeness (QED) is 0.202. The van der Waals surface area contributed by atoms with E-state index < -0.39 is 0 Å². The predicted octanol–water partition coefficient (Wildman–Crippen LogP) is 11.2. The highest BCUT2D eigenvalue weighted by atomic mass is 15.2. The van der Waals surface area contributed by atoms with Gasteiger partial charge in [0.2, 0.25) is 0 Å². The monoisotopic (exact) mass is 578 g/mol. The van der Waals surface area contributed by atoms with E-state index >= 15 is 0 Å². The lowest BCUT2D eigenvalue weighted by atomic mass is 9.73. The van der Waals surface area contributed by atoms with Gasteiger partial charge in [-0.05, 0) is 76.4 Å². The van der Waals surface area contributed by atoms with Crippen LogP contribution >= 0.6 is 0 Å². The summed E-state index contributed by atoms with van der Waals surface area (Å²) >= 11 is 0. The van der Waals surface area contributed by atoms with Gasteiger partial charge in [-0.1, -0.05) is 123 Å². The molecule has 9 rings (SSSR count). The standard InChI is InChI=1S/C43H34N2/c1-43(2)36-21-10-8-20-34(36)42-37(43)22-13-25-41(42)45(38-24-12-15-29-14-6-7-18-32(29)38)31-26-27-40-35(28-31)33-19-9-11-23-39(33)44(40)30-16-4-3-5-17-30/h3-28,37,42H,1-2H3. The Morgan fingerprint density at radius 3 is 2.22 bits per heavy atom. The summed E-state index contributed by atoms with van der Waals surface area (Å²) in [4.78, 5) is 2.55. The van der Waals surface area contributed by atoms with E-state index in [9.17, 15) is 0 Å². The molecule has 0 saturated carbocycles. The van der Waals surface area contributed by atoms with Crippen molar-refractivity contribution in [3.05, 3.63) is 175 Å². The second kappa shape index (κ2) is 9.84. The topological polar surface area (TPSA) is 8.17 Å². The fourth-order valence-electron chi connectivity index (χ4n) is 8.22. The zero-order valence-corrected chi connectivity index (χ0v) is 25.6. The fourth-order valence-corrected chi connectivity index (χ4v) is 8.22. The van der Waals surface area contributed by atoms with Crippen LogP contribution in [0.15, 0.2) is 163 Å². The molecule has 0 bridgehead atoms. The Kier molecular flexibility index (Phi) is 5.70. The average Bonchev–Trinajstić information content (AvgIpc) is 3.54. The summed E-state index contributed by atoms with van der Waals surface area (Å²) in [6.45, 7) is 4.83. The van der Waals surface area contributed by atoms with E-state index in [-0.39, 0.29) is 11.3 Å². The normalized spacial score (nSPS) is 18.2. The first-order chi connectivity index (χ1) is 22.1. The lowest BCUT2D eigenvalue weighted by Gasteiger charge is -2.38. The van der Waals surface area contributed by atoms with E-state index in [1.165, 1.54) is 66.5 Å². The highest BCUT2D eigenvalue weighted by molar-refractivity contribution is 6.11. The smallest absolute Gasteiger partial charge is 0.0542 e. The van der Waals surface area contributed by atoms with Crippen LogP contribution in [0.5, 0.6) is 0 Å². The van der Waals surface area contributed by atoms with Crippen LogP contribution in [0.1, 0.15) is 30.9 Å². The lowest BCUT2D eigenvalue weighted by Crippen LogP contribution is -2.30. The molecule has 0 N–H and O–H groups in total. The molecule has 0 amide bonds. The van der Waals surface area contributed by atoms with Gasteiger partial charge < -0.3 is 9.47 Å². The van der Waals surface area contributed by atoms with Gasteiger partial charge in [-0.15, -0.1) is 0 Å². The summed E-state index contributed by atoms with van der Waals surface area (Å²) in [5, 5.41) is 5.02. The van der Waals surface area contributed by atoms with Crippen LogP contribution in [0, 0.1) is 5.92 Å². The van der Waals surface area contributed by atoms with Crippen molar-refractivity contribution in [1.82, 2.24) is 4.57 Å². The number of fused-ring (bicyclic) bond motifs is 7. The minimum Gasteiger partial charge on any atom is -0.313 e. The minimum atomic E-state index is 0.0365. The molecular weight excluding hydrogens is 544 g/mol. The molecule has 1 aromatic heterocycles. The van der Waals surface area contributed by atoms with Crippen molar-refractivity contribution < 1.29 is 0 Å². The number of anilines is 2. The van der Waals surface area contributed by atoms with Gasteiger partial charge in [0, 0.05) is 39.1 Å². The molecule has 216 valence electrons. The Balaban J connectivity index is 1.32. The molecule has 0 fully saturated rings. The van der Waals surface area contributed by atoms with Gasteiger partial charge >= 0.3 is 0 Å². The molecule has 0 aliphatic heterocycles. The van der Waals surface area contributed by atoms with Crippen molar-refractivity contribution in [2.75, 3.05) is 4.90 Å². The van der Waals surface area contributed by atoms with Crippen molar-refractivity contribution in [1.29, 1.82) is 0 Å². The highest BCUT2D eigenvalue weighted by Gasteiger charge is 2.48. The first-order valence-corrected chi connectivity index (χ1v) is 16.0. The minimum absolute atomic E-state index is 0.0365. The van der Waals surface area contributed by atoms with Crippen LogP contribution in [-0.2, 0) is 5.41 Å². The van der Waals surface area contributed by atoms with Gasteiger partial charge in [0.15, 0.2) is 0 Å². The first-order valence-electron chi connectivity index (χ1n) is 16.0. The molecule has 45 heavy (non-hydrogen) atoms. The summed E-state index contributed by atoms with van der Waals surface area (Å²) in [5.74, 6) is 0.623. The van der Waals surface area contributed by atoms with Crippen molar-refractivity contribution in [3.63, 3.8) is 0 Å². The van der Waals surface area contributed by atoms with Gasteiger partial charge in [0.05, 0.1) is 16.7 Å². The van der Waals surface area contributed by atoms with E-state index in [0.29, 0.717) is 5.92 Å². The van der Waals surface area contributed by atoms with E-state index in [2.05, 4.69) is 181 Å². The number of benzene rings is 6. The molecule has 1 heterocycles. The van der Waals surface area contributed by atoms with E-state index in [1.807, 2.05) is 0 Å². The Morgan fingerprint density at radius 1 is 0.622 bits per heavy atom. The van der Waals surface area contributed by atoms with Gasteiger partial charge in [0.1, 0.15) is 0 Å². The molecule has 2 atom stereocenters. The average molecular weight is 579 g/mol. The van der Waals surface area contributed by atoms with Crippen molar-refractivity contribution in [2.45, 2.75) is 25.2 Å². The molecule has 2 aliphatic rings. The number of rotatable bonds is 4. The maximum Gasteiger partial charge on any atom is 0.0542 e. The molecule has 0 saturated heterocycles. The summed E-state index contributed by atoms with van der Waals surface area (Å²) in [6, 6.07) is 51.2. The number of allylic oxidation sites excluding steroid dienone is 4. The molecule has 6 aromatic carbocycles. The van der Waals surface area contributed by atoms with Crippen LogP contribution < -0.4 is 4.90 Å².